The summed E-state index contributed by atoms with van der Waals surface area (Å²) < 4.78 is 0.223. The predicted octanol–water partition coefficient (Wildman–Crippen LogP) is 3.08. The van der Waals surface area contributed by atoms with Crippen LogP contribution in [0.2, 0.25) is 0 Å². The summed E-state index contributed by atoms with van der Waals surface area (Å²) in [5.41, 5.74) is 5.07. The first-order valence-corrected chi connectivity index (χ1v) is 8.73. The van der Waals surface area contributed by atoms with E-state index < -0.39 is 0 Å². The minimum Gasteiger partial charge on any atom is -0.351 e. The number of hydrogen-bond donors (Lipinski definition) is 3. The van der Waals surface area contributed by atoms with Crippen molar-refractivity contribution in [3.8, 4) is 0 Å². The molecule has 1 amide bonds. The third kappa shape index (κ3) is 3.92. The van der Waals surface area contributed by atoms with Crippen molar-refractivity contribution in [3.63, 3.8) is 0 Å². The second kappa shape index (κ2) is 7.18. The van der Waals surface area contributed by atoms with Crippen LogP contribution in [-0.2, 0) is 0 Å². The molecule has 1 aromatic rings. The van der Waals surface area contributed by atoms with Gasteiger partial charge in [-0.3, -0.25) is 10.6 Å². The largest absolute Gasteiger partial charge is 0.351 e. The van der Waals surface area contributed by atoms with Gasteiger partial charge in [-0.25, -0.2) is 0 Å². The Hall–Kier alpha value is -1.20. The molecule has 0 aliphatic heterocycles. The van der Waals surface area contributed by atoms with E-state index in [9.17, 15) is 4.79 Å². The topological polar surface area (TPSA) is 67.2 Å². The highest BCUT2D eigenvalue weighted by atomic mass is 32.2. The SMILES string of the molecule is CSC1(CNC(=O)c2ccc(NN)cc2C)CCCCC1. The predicted molar refractivity (Wildman–Crippen MR) is 90.7 cm³/mol. The van der Waals surface area contributed by atoms with Crippen molar-refractivity contribution in [1.82, 2.24) is 5.32 Å². The summed E-state index contributed by atoms with van der Waals surface area (Å²) in [5.74, 6) is 5.39. The zero-order valence-corrected chi connectivity index (χ0v) is 13.7. The summed E-state index contributed by atoms with van der Waals surface area (Å²) in [6.45, 7) is 2.68. The lowest BCUT2D eigenvalue weighted by Crippen LogP contribution is -2.41. The van der Waals surface area contributed by atoms with E-state index in [1.54, 1.807) is 0 Å². The molecule has 0 aromatic heterocycles. The normalized spacial score (nSPS) is 17.3. The second-order valence-electron chi connectivity index (χ2n) is 5.80. The van der Waals surface area contributed by atoms with Crippen LogP contribution in [0.5, 0.6) is 0 Å². The molecular weight excluding hydrogens is 282 g/mol. The van der Waals surface area contributed by atoms with E-state index in [0.29, 0.717) is 0 Å². The Balaban J connectivity index is 2.01. The molecule has 0 unspecified atom stereocenters. The number of nitrogens with one attached hydrogen (secondary N) is 2. The van der Waals surface area contributed by atoms with Crippen LogP contribution in [0, 0.1) is 6.92 Å². The van der Waals surface area contributed by atoms with Crippen molar-refractivity contribution in [2.75, 3.05) is 18.2 Å². The van der Waals surface area contributed by atoms with Gasteiger partial charge in [0.2, 0.25) is 0 Å². The van der Waals surface area contributed by atoms with Gasteiger partial charge in [0, 0.05) is 22.5 Å². The molecule has 1 aromatic carbocycles. The molecule has 0 bridgehead atoms. The standard InChI is InChI=1S/C16H25N3OS/c1-12-10-13(19-17)6-7-14(12)15(20)18-11-16(21-2)8-4-3-5-9-16/h6-7,10,19H,3-5,8-9,11,17H2,1-2H3,(H,18,20). The summed E-state index contributed by atoms with van der Waals surface area (Å²) in [5, 5.41) is 3.13. The van der Waals surface area contributed by atoms with Crippen LogP contribution in [0.1, 0.15) is 48.0 Å². The Kier molecular flexibility index (Phi) is 5.53. The highest BCUT2D eigenvalue weighted by Crippen LogP contribution is 2.38. The maximum absolute atomic E-state index is 12.4. The number of rotatable bonds is 5. The van der Waals surface area contributed by atoms with Crippen LogP contribution in [0.15, 0.2) is 18.2 Å². The number of thioether (sulfide) groups is 1. The number of nitrogens with two attached hydrogens (primary N) is 1. The fraction of sp³-hybridized carbons (Fsp3) is 0.562. The van der Waals surface area contributed by atoms with Crippen LogP contribution in [-0.4, -0.2) is 23.5 Å². The maximum Gasteiger partial charge on any atom is 0.251 e. The summed E-state index contributed by atoms with van der Waals surface area (Å²) in [4.78, 5) is 12.4. The lowest BCUT2D eigenvalue weighted by molar-refractivity contribution is 0.0946. The van der Waals surface area contributed by atoms with Gasteiger partial charge in [-0.15, -0.1) is 0 Å². The monoisotopic (exact) mass is 307 g/mol. The number of amides is 1. The molecule has 0 spiro atoms. The van der Waals surface area contributed by atoms with E-state index in [0.717, 1.165) is 23.4 Å². The van der Waals surface area contributed by atoms with Gasteiger partial charge in [0.25, 0.3) is 5.91 Å². The van der Waals surface area contributed by atoms with E-state index in [-0.39, 0.29) is 10.7 Å². The van der Waals surface area contributed by atoms with Crippen molar-refractivity contribution in [2.45, 2.75) is 43.8 Å². The summed E-state index contributed by atoms with van der Waals surface area (Å²) in [6, 6.07) is 5.54. The van der Waals surface area contributed by atoms with Gasteiger partial charge in [0.1, 0.15) is 0 Å². The molecule has 5 heteroatoms. The molecule has 0 radical (unpaired) electrons. The maximum atomic E-state index is 12.4. The smallest absolute Gasteiger partial charge is 0.251 e. The van der Waals surface area contributed by atoms with Crippen molar-refractivity contribution in [3.05, 3.63) is 29.3 Å². The fourth-order valence-electron chi connectivity index (χ4n) is 2.99. The number of hydrogen-bond acceptors (Lipinski definition) is 4. The van der Waals surface area contributed by atoms with E-state index >= 15 is 0 Å². The van der Waals surface area contributed by atoms with Gasteiger partial charge in [0.15, 0.2) is 0 Å². The van der Waals surface area contributed by atoms with Crippen LogP contribution >= 0.6 is 11.8 Å². The van der Waals surface area contributed by atoms with Gasteiger partial charge in [-0.05, 0) is 49.8 Å². The highest BCUT2D eigenvalue weighted by molar-refractivity contribution is 8.00. The van der Waals surface area contributed by atoms with Crippen molar-refractivity contribution >= 4 is 23.4 Å². The third-order valence-electron chi connectivity index (χ3n) is 4.41. The molecule has 1 fully saturated rings. The Morgan fingerprint density at radius 1 is 1.33 bits per heavy atom. The number of carbonyl (C=O) groups is 1. The van der Waals surface area contributed by atoms with E-state index in [4.69, 9.17) is 5.84 Å². The molecule has 0 heterocycles. The van der Waals surface area contributed by atoms with E-state index in [1.165, 1.54) is 32.1 Å². The molecule has 1 aliphatic rings. The van der Waals surface area contributed by atoms with Crippen molar-refractivity contribution in [1.29, 1.82) is 0 Å². The molecule has 1 saturated carbocycles. The molecule has 116 valence electrons. The molecule has 0 atom stereocenters. The zero-order valence-electron chi connectivity index (χ0n) is 12.9. The zero-order chi connectivity index (χ0) is 15.3. The first-order chi connectivity index (χ1) is 10.1. The summed E-state index contributed by atoms with van der Waals surface area (Å²) in [6.07, 6.45) is 8.42. The summed E-state index contributed by atoms with van der Waals surface area (Å²) in [7, 11) is 0. The van der Waals surface area contributed by atoms with E-state index in [2.05, 4.69) is 17.0 Å². The van der Waals surface area contributed by atoms with Gasteiger partial charge in [-0.2, -0.15) is 11.8 Å². The van der Waals surface area contributed by atoms with Crippen LogP contribution in [0.4, 0.5) is 5.69 Å². The fourth-order valence-corrected chi connectivity index (χ4v) is 3.91. The Morgan fingerprint density at radius 3 is 2.62 bits per heavy atom. The lowest BCUT2D eigenvalue weighted by atomic mass is 9.88. The van der Waals surface area contributed by atoms with Gasteiger partial charge in [0.05, 0.1) is 0 Å². The molecule has 4 N–H and O–H groups in total. The number of aryl methyl sites for hydroxylation is 1. The third-order valence-corrected chi connectivity index (χ3v) is 5.83. The van der Waals surface area contributed by atoms with Crippen LogP contribution < -0.4 is 16.6 Å². The van der Waals surface area contributed by atoms with Crippen LogP contribution in [0.25, 0.3) is 0 Å². The second-order valence-corrected chi connectivity index (χ2v) is 7.08. The molecule has 2 rings (SSSR count). The van der Waals surface area contributed by atoms with Crippen molar-refractivity contribution in [2.24, 2.45) is 5.84 Å². The average Bonchev–Trinajstić information content (AvgIpc) is 2.53. The quantitative estimate of drug-likeness (QED) is 0.578. The number of anilines is 1. The number of hydrazine groups is 1. The number of carbonyl (C=O) groups excluding carboxylic acids is 1. The molecular formula is C16H25N3OS. The van der Waals surface area contributed by atoms with Crippen LogP contribution in [0.3, 0.4) is 0 Å². The first-order valence-electron chi connectivity index (χ1n) is 7.51. The van der Waals surface area contributed by atoms with Gasteiger partial charge in [-0.1, -0.05) is 19.3 Å². The number of benzene rings is 1. The molecule has 1 aliphatic carbocycles. The molecule has 21 heavy (non-hydrogen) atoms. The summed E-state index contributed by atoms with van der Waals surface area (Å²) >= 11 is 1.90. The van der Waals surface area contributed by atoms with E-state index in [1.807, 2.05) is 36.9 Å². The average molecular weight is 307 g/mol. The van der Waals surface area contributed by atoms with Gasteiger partial charge < -0.3 is 10.7 Å². The molecule has 0 saturated heterocycles. The first kappa shape index (κ1) is 16.2. The Labute approximate surface area is 131 Å². The molecule has 4 nitrogen and oxygen atoms in total. The van der Waals surface area contributed by atoms with Crippen molar-refractivity contribution < 1.29 is 4.79 Å². The lowest BCUT2D eigenvalue weighted by Gasteiger charge is -2.35. The highest BCUT2D eigenvalue weighted by Gasteiger charge is 2.31. The van der Waals surface area contributed by atoms with Gasteiger partial charge >= 0.3 is 0 Å². The Morgan fingerprint density at radius 2 is 2.05 bits per heavy atom. The Bertz CT molecular complexity index is 498. The minimum absolute atomic E-state index is 0.00932. The number of nitrogen functional groups attached to an aromatic ring is 1. The minimum atomic E-state index is 0.00932.